The van der Waals surface area contributed by atoms with E-state index in [1.807, 2.05) is 6.79 Å². The maximum Gasteiger partial charge on any atom is 0.106 e. The van der Waals surface area contributed by atoms with Crippen LogP contribution in [0.4, 0.5) is 0 Å². The summed E-state index contributed by atoms with van der Waals surface area (Å²) in [5.74, 6) is 0. The highest BCUT2D eigenvalue weighted by atomic mass is 127. The van der Waals surface area contributed by atoms with E-state index in [0.29, 0.717) is 0 Å². The summed E-state index contributed by atoms with van der Waals surface area (Å²) in [4.78, 5) is 8.00. The Morgan fingerprint density at radius 1 is 0.900 bits per heavy atom. The van der Waals surface area contributed by atoms with Gasteiger partial charge in [-0.15, -0.1) is 0 Å². The maximum absolute atomic E-state index is 8.00. The number of hydrogen-bond acceptors (Lipinski definition) is 1. The van der Waals surface area contributed by atoms with Crippen molar-refractivity contribution < 1.29 is 4.79 Å². The largest absolute Gasteiger partial charge is 0.307 e. The highest BCUT2D eigenvalue weighted by Crippen LogP contribution is 2.07. The lowest BCUT2D eigenvalue weighted by molar-refractivity contribution is -0.0979. The van der Waals surface area contributed by atoms with E-state index in [9.17, 15) is 0 Å². The number of hydrogen-bond donors (Lipinski definition) is 0. The van der Waals surface area contributed by atoms with Crippen molar-refractivity contribution in [3.63, 3.8) is 0 Å². The Bertz CT molecular complexity index is 162. The van der Waals surface area contributed by atoms with Gasteiger partial charge in [-0.1, -0.05) is 0 Å². The van der Waals surface area contributed by atoms with Gasteiger partial charge in [0.1, 0.15) is 6.79 Å². The normalized spacial score (nSPS) is 7.80. The summed E-state index contributed by atoms with van der Waals surface area (Å²) in [6, 6.07) is 8.40. The zero-order chi connectivity index (χ0) is 7.98. The molecule has 1 aromatic rings. The minimum absolute atomic E-state index is 1.29. The first-order chi connectivity index (χ1) is 4.79. The first-order valence-corrected chi connectivity index (χ1v) is 4.65. The van der Waals surface area contributed by atoms with E-state index in [1.165, 1.54) is 7.14 Å². The second kappa shape index (κ2) is 6.09. The third-order valence-corrected chi connectivity index (χ3v) is 2.24. The molecule has 0 aromatic heterocycles. The van der Waals surface area contributed by atoms with Gasteiger partial charge in [0.05, 0.1) is 0 Å². The fourth-order valence-electron chi connectivity index (χ4n) is 0.430. The third kappa shape index (κ3) is 4.21. The van der Waals surface area contributed by atoms with Gasteiger partial charge in [0.25, 0.3) is 0 Å². The third-order valence-electron chi connectivity index (χ3n) is 0.804. The molecule has 0 N–H and O–H groups in total. The van der Waals surface area contributed by atoms with Crippen LogP contribution in [0.15, 0.2) is 24.3 Å². The van der Waals surface area contributed by atoms with Crippen LogP contribution in [0, 0.1) is 7.14 Å². The number of carbonyl (C=O) groups excluding carboxylic acids is 1. The van der Waals surface area contributed by atoms with Gasteiger partial charge in [-0.05, 0) is 69.4 Å². The lowest BCUT2D eigenvalue weighted by atomic mass is 10.4. The molecule has 54 valence electrons. The molecule has 0 saturated heterocycles. The number of halogens is 2. The molecule has 10 heavy (non-hydrogen) atoms. The molecule has 0 amide bonds. The Morgan fingerprint density at radius 3 is 1.30 bits per heavy atom. The molecule has 0 saturated carbocycles. The molecule has 0 aliphatic heterocycles. The monoisotopic (exact) mass is 360 g/mol. The summed E-state index contributed by atoms with van der Waals surface area (Å²) < 4.78 is 2.59. The van der Waals surface area contributed by atoms with Crippen LogP contribution < -0.4 is 0 Å². The molecule has 0 bridgehead atoms. The predicted molar refractivity (Wildman–Crippen MR) is 59.0 cm³/mol. The van der Waals surface area contributed by atoms with Gasteiger partial charge in [0.2, 0.25) is 0 Å². The summed E-state index contributed by atoms with van der Waals surface area (Å²) in [5, 5.41) is 0. The minimum atomic E-state index is 1.29. The van der Waals surface area contributed by atoms with Crippen LogP contribution in [0.2, 0.25) is 0 Å². The standard InChI is InChI=1S/C6H4I2.CH2O/c7-5-1-2-6(8)4-3-5;1-2/h1-4H;1H2. The van der Waals surface area contributed by atoms with Crippen molar-refractivity contribution in [1.82, 2.24) is 0 Å². The fourth-order valence-corrected chi connectivity index (χ4v) is 1.15. The summed E-state index contributed by atoms with van der Waals surface area (Å²) in [7, 11) is 0. The molecule has 0 heterocycles. The molecular formula is C7H6I2O. The topological polar surface area (TPSA) is 17.1 Å². The molecular weight excluding hydrogens is 354 g/mol. The zero-order valence-corrected chi connectivity index (χ0v) is 9.50. The number of carbonyl (C=O) groups is 1. The van der Waals surface area contributed by atoms with Crippen LogP contribution in [0.5, 0.6) is 0 Å². The second-order valence-electron chi connectivity index (χ2n) is 1.44. The molecule has 1 rings (SSSR count). The highest BCUT2D eigenvalue weighted by molar-refractivity contribution is 14.1. The first kappa shape index (κ1) is 10.3. The van der Waals surface area contributed by atoms with Crippen LogP contribution in [0.1, 0.15) is 0 Å². The van der Waals surface area contributed by atoms with Crippen molar-refractivity contribution >= 4 is 52.0 Å². The lowest BCUT2D eigenvalue weighted by Crippen LogP contribution is -1.68. The molecule has 0 fully saturated rings. The van der Waals surface area contributed by atoms with Crippen LogP contribution in [-0.2, 0) is 4.79 Å². The van der Waals surface area contributed by atoms with E-state index in [1.54, 1.807) is 0 Å². The molecule has 0 unspecified atom stereocenters. The van der Waals surface area contributed by atoms with Gasteiger partial charge in [0, 0.05) is 7.14 Å². The molecule has 3 heteroatoms. The maximum atomic E-state index is 8.00. The van der Waals surface area contributed by atoms with Crippen molar-refractivity contribution in [2.24, 2.45) is 0 Å². The predicted octanol–water partition coefficient (Wildman–Crippen LogP) is 2.71. The average Bonchev–Trinajstić information content (AvgIpc) is 2.00. The average molecular weight is 360 g/mol. The Balaban J connectivity index is 0.000000371. The summed E-state index contributed by atoms with van der Waals surface area (Å²) in [5.41, 5.74) is 0. The molecule has 0 spiro atoms. The Hall–Kier alpha value is 0.350. The Kier molecular flexibility index (Phi) is 6.30. The van der Waals surface area contributed by atoms with Gasteiger partial charge >= 0.3 is 0 Å². The van der Waals surface area contributed by atoms with Gasteiger partial charge < -0.3 is 4.79 Å². The van der Waals surface area contributed by atoms with Crippen LogP contribution >= 0.6 is 45.2 Å². The molecule has 0 aliphatic rings. The second-order valence-corrected chi connectivity index (χ2v) is 3.93. The fraction of sp³-hybridized carbons (Fsp3) is 0. The molecule has 1 nitrogen and oxygen atoms in total. The highest BCUT2D eigenvalue weighted by Gasteiger charge is 1.82. The van der Waals surface area contributed by atoms with E-state index in [2.05, 4.69) is 69.4 Å². The number of rotatable bonds is 0. The summed E-state index contributed by atoms with van der Waals surface area (Å²) in [6.45, 7) is 2.00. The molecule has 0 atom stereocenters. The Labute approximate surface area is 87.5 Å². The van der Waals surface area contributed by atoms with Crippen molar-refractivity contribution in [1.29, 1.82) is 0 Å². The Morgan fingerprint density at radius 2 is 1.10 bits per heavy atom. The van der Waals surface area contributed by atoms with Crippen LogP contribution in [0.3, 0.4) is 0 Å². The number of benzene rings is 1. The van der Waals surface area contributed by atoms with Gasteiger partial charge in [0.15, 0.2) is 0 Å². The quantitative estimate of drug-likeness (QED) is 0.651. The van der Waals surface area contributed by atoms with Crippen molar-refractivity contribution in [3.8, 4) is 0 Å². The van der Waals surface area contributed by atoms with Crippen LogP contribution in [0.25, 0.3) is 0 Å². The van der Waals surface area contributed by atoms with Gasteiger partial charge in [-0.2, -0.15) is 0 Å². The van der Waals surface area contributed by atoms with Gasteiger partial charge in [-0.25, -0.2) is 0 Å². The van der Waals surface area contributed by atoms with E-state index in [4.69, 9.17) is 4.79 Å². The summed E-state index contributed by atoms with van der Waals surface area (Å²) >= 11 is 4.59. The smallest absolute Gasteiger partial charge is 0.106 e. The zero-order valence-electron chi connectivity index (χ0n) is 5.18. The van der Waals surface area contributed by atoms with E-state index >= 15 is 0 Å². The molecule has 0 aliphatic carbocycles. The van der Waals surface area contributed by atoms with E-state index < -0.39 is 0 Å². The van der Waals surface area contributed by atoms with Crippen molar-refractivity contribution in [3.05, 3.63) is 31.4 Å². The molecule has 1 aromatic carbocycles. The van der Waals surface area contributed by atoms with Crippen molar-refractivity contribution in [2.75, 3.05) is 0 Å². The summed E-state index contributed by atoms with van der Waals surface area (Å²) in [6.07, 6.45) is 0. The lowest BCUT2D eigenvalue weighted by Gasteiger charge is -1.87. The van der Waals surface area contributed by atoms with Gasteiger partial charge in [-0.3, -0.25) is 0 Å². The molecule has 0 radical (unpaired) electrons. The van der Waals surface area contributed by atoms with Crippen LogP contribution in [-0.4, -0.2) is 6.79 Å². The van der Waals surface area contributed by atoms with Crippen molar-refractivity contribution in [2.45, 2.75) is 0 Å². The van der Waals surface area contributed by atoms with E-state index in [0.717, 1.165) is 0 Å². The first-order valence-electron chi connectivity index (χ1n) is 2.49. The van der Waals surface area contributed by atoms with E-state index in [-0.39, 0.29) is 0 Å². The SMILES string of the molecule is C=O.Ic1ccc(I)cc1. The minimum Gasteiger partial charge on any atom is -0.307 e.